The third-order valence-electron chi connectivity index (χ3n) is 1.47. The molecule has 0 aliphatic carbocycles. The van der Waals surface area contributed by atoms with Crippen LogP contribution in [0.5, 0.6) is 11.5 Å². The first-order chi connectivity index (χ1) is 7.39. The Bertz CT molecular complexity index is 442. The summed E-state index contributed by atoms with van der Waals surface area (Å²) in [5.41, 5.74) is -0.287. The first-order valence-electron chi connectivity index (χ1n) is 3.77. The molecule has 0 amide bonds. The highest BCUT2D eigenvalue weighted by molar-refractivity contribution is 9.10. The van der Waals surface area contributed by atoms with Crippen molar-refractivity contribution in [3.63, 3.8) is 0 Å². The van der Waals surface area contributed by atoms with E-state index in [4.69, 9.17) is 5.26 Å². The molecule has 0 aromatic carbocycles. The van der Waals surface area contributed by atoms with Crippen LogP contribution in [0.3, 0.4) is 0 Å². The number of pyridine rings is 1. The van der Waals surface area contributed by atoms with Crippen LogP contribution in [-0.4, -0.2) is 18.5 Å². The van der Waals surface area contributed by atoms with Crippen LogP contribution in [-0.2, 0) is 0 Å². The Kier molecular flexibility index (Phi) is 3.59. The summed E-state index contributed by atoms with van der Waals surface area (Å²) in [5, 5.41) is 8.62. The summed E-state index contributed by atoms with van der Waals surface area (Å²) in [6.45, 7) is 0. The molecule has 8 heteroatoms. The molecule has 0 spiro atoms. The molecule has 0 aliphatic rings. The number of aromatic nitrogens is 1. The van der Waals surface area contributed by atoms with Gasteiger partial charge in [-0.3, -0.25) is 0 Å². The molecule has 0 unspecified atom stereocenters. The normalized spacial score (nSPS) is 10.8. The number of hydrogen-bond acceptors (Lipinski definition) is 4. The maximum absolute atomic E-state index is 12.1. The van der Waals surface area contributed by atoms with Gasteiger partial charge in [0.25, 0.3) is 0 Å². The Morgan fingerprint density at radius 3 is 2.50 bits per heavy atom. The third-order valence-corrected chi connectivity index (χ3v) is 2.04. The van der Waals surface area contributed by atoms with Crippen molar-refractivity contribution in [3.8, 4) is 17.6 Å². The fourth-order valence-corrected chi connectivity index (χ4v) is 1.30. The summed E-state index contributed by atoms with van der Waals surface area (Å²) in [7, 11) is 1.12. The van der Waals surface area contributed by atoms with Crippen LogP contribution in [0.4, 0.5) is 13.2 Å². The first kappa shape index (κ1) is 12.6. The number of alkyl halides is 3. The minimum absolute atomic E-state index is 0.0549. The van der Waals surface area contributed by atoms with E-state index < -0.39 is 12.1 Å². The number of nitriles is 1. The van der Waals surface area contributed by atoms with Gasteiger partial charge in [0, 0.05) is 6.20 Å². The first-order valence-corrected chi connectivity index (χ1v) is 4.56. The van der Waals surface area contributed by atoms with E-state index in [0.717, 1.165) is 13.3 Å². The Hall–Kier alpha value is -1.49. The molecule has 0 saturated heterocycles. The molecule has 1 heterocycles. The molecule has 1 rings (SSSR count). The average Bonchev–Trinajstić information content (AvgIpc) is 2.19. The van der Waals surface area contributed by atoms with E-state index in [0.29, 0.717) is 0 Å². The molecule has 0 bridgehead atoms. The van der Waals surface area contributed by atoms with Crippen LogP contribution in [0, 0.1) is 11.3 Å². The van der Waals surface area contributed by atoms with Crippen molar-refractivity contribution >= 4 is 15.9 Å². The zero-order valence-electron chi connectivity index (χ0n) is 7.80. The van der Waals surface area contributed by atoms with E-state index in [1.165, 1.54) is 0 Å². The largest absolute Gasteiger partial charge is 0.573 e. The molecule has 0 saturated carbocycles. The van der Waals surface area contributed by atoms with Crippen LogP contribution >= 0.6 is 15.9 Å². The molecule has 0 aliphatic heterocycles. The Morgan fingerprint density at radius 2 is 2.06 bits per heavy atom. The smallest absolute Gasteiger partial charge is 0.490 e. The van der Waals surface area contributed by atoms with E-state index in [2.05, 4.69) is 30.4 Å². The SMILES string of the molecule is COc1c(C#N)ncc(Br)c1OC(F)(F)F. The zero-order valence-corrected chi connectivity index (χ0v) is 9.39. The Labute approximate surface area is 96.7 Å². The van der Waals surface area contributed by atoms with Gasteiger partial charge in [-0.2, -0.15) is 5.26 Å². The second kappa shape index (κ2) is 4.57. The van der Waals surface area contributed by atoms with E-state index in [1.807, 2.05) is 0 Å². The highest BCUT2D eigenvalue weighted by Gasteiger charge is 2.34. The fraction of sp³-hybridized carbons (Fsp3) is 0.250. The van der Waals surface area contributed by atoms with Gasteiger partial charge in [-0.05, 0) is 15.9 Å². The van der Waals surface area contributed by atoms with Gasteiger partial charge in [0.15, 0.2) is 17.2 Å². The Balaban J connectivity index is 3.30. The quantitative estimate of drug-likeness (QED) is 0.842. The van der Waals surface area contributed by atoms with Crippen molar-refractivity contribution in [1.29, 1.82) is 5.26 Å². The summed E-state index contributed by atoms with van der Waals surface area (Å²) < 4.78 is 44.5. The predicted octanol–water partition coefficient (Wildman–Crippen LogP) is 2.62. The number of nitrogens with zero attached hydrogens (tertiary/aromatic N) is 2. The highest BCUT2D eigenvalue weighted by atomic mass is 79.9. The number of methoxy groups -OCH3 is 1. The lowest BCUT2D eigenvalue weighted by Crippen LogP contribution is -2.18. The monoisotopic (exact) mass is 296 g/mol. The van der Waals surface area contributed by atoms with Gasteiger partial charge in [-0.25, -0.2) is 4.98 Å². The number of halogens is 4. The lowest BCUT2D eigenvalue weighted by Gasteiger charge is -2.14. The van der Waals surface area contributed by atoms with Crippen LogP contribution in [0.15, 0.2) is 10.7 Å². The van der Waals surface area contributed by atoms with Gasteiger partial charge in [0.05, 0.1) is 11.6 Å². The van der Waals surface area contributed by atoms with E-state index in [1.54, 1.807) is 6.07 Å². The van der Waals surface area contributed by atoms with Gasteiger partial charge in [0.1, 0.15) is 6.07 Å². The molecule has 0 radical (unpaired) electrons. The standard InChI is InChI=1S/C8H4BrF3N2O2/c1-15-7-5(2-13)14-3-4(9)6(7)16-8(10,11)12/h3H,1H3. The van der Waals surface area contributed by atoms with Gasteiger partial charge < -0.3 is 9.47 Å². The molecule has 1 aromatic rings. The van der Waals surface area contributed by atoms with E-state index >= 15 is 0 Å². The summed E-state index contributed by atoms with van der Waals surface area (Å²) in [6, 6.07) is 1.60. The third kappa shape index (κ3) is 2.76. The van der Waals surface area contributed by atoms with Crippen LogP contribution in [0.2, 0.25) is 0 Å². The van der Waals surface area contributed by atoms with Gasteiger partial charge in [0.2, 0.25) is 0 Å². The maximum atomic E-state index is 12.1. The van der Waals surface area contributed by atoms with E-state index in [-0.39, 0.29) is 15.9 Å². The lowest BCUT2D eigenvalue weighted by atomic mass is 10.3. The van der Waals surface area contributed by atoms with Crippen LogP contribution < -0.4 is 9.47 Å². The molecule has 86 valence electrons. The molecule has 0 N–H and O–H groups in total. The fourth-order valence-electron chi connectivity index (χ4n) is 0.934. The molecular formula is C8H4BrF3N2O2. The van der Waals surface area contributed by atoms with Crippen LogP contribution in [0.25, 0.3) is 0 Å². The minimum Gasteiger partial charge on any atom is -0.490 e. The molecule has 1 aromatic heterocycles. The maximum Gasteiger partial charge on any atom is 0.573 e. The molecule has 4 nitrogen and oxygen atoms in total. The van der Waals surface area contributed by atoms with E-state index in [9.17, 15) is 13.2 Å². The summed E-state index contributed by atoms with van der Waals surface area (Å²) >= 11 is 2.83. The van der Waals surface area contributed by atoms with Crippen molar-refractivity contribution in [2.75, 3.05) is 7.11 Å². The highest BCUT2D eigenvalue weighted by Crippen LogP contribution is 2.39. The molecule has 0 fully saturated rings. The summed E-state index contributed by atoms with van der Waals surface area (Å²) in [5.74, 6) is -0.990. The molecule has 16 heavy (non-hydrogen) atoms. The molecular weight excluding hydrogens is 293 g/mol. The van der Waals surface area contributed by atoms with Gasteiger partial charge in [-0.15, -0.1) is 13.2 Å². The lowest BCUT2D eigenvalue weighted by molar-refractivity contribution is -0.275. The predicted molar refractivity (Wildman–Crippen MR) is 49.9 cm³/mol. The second-order valence-electron chi connectivity index (χ2n) is 2.48. The molecule has 0 atom stereocenters. The van der Waals surface area contributed by atoms with Gasteiger partial charge in [-0.1, -0.05) is 0 Å². The summed E-state index contributed by atoms with van der Waals surface area (Å²) in [6.07, 6.45) is -3.84. The second-order valence-corrected chi connectivity index (χ2v) is 3.33. The van der Waals surface area contributed by atoms with Gasteiger partial charge >= 0.3 is 6.36 Å². The number of ether oxygens (including phenoxy) is 2. The minimum atomic E-state index is -4.87. The average molecular weight is 297 g/mol. The number of hydrogen-bond donors (Lipinski definition) is 0. The van der Waals surface area contributed by atoms with Crippen molar-refractivity contribution < 1.29 is 22.6 Å². The van der Waals surface area contributed by atoms with Crippen molar-refractivity contribution in [1.82, 2.24) is 4.98 Å². The summed E-state index contributed by atoms with van der Waals surface area (Å²) in [4.78, 5) is 3.58. The zero-order chi connectivity index (χ0) is 12.3. The van der Waals surface area contributed by atoms with Crippen molar-refractivity contribution in [3.05, 3.63) is 16.4 Å². The Morgan fingerprint density at radius 1 is 1.44 bits per heavy atom. The van der Waals surface area contributed by atoms with Crippen molar-refractivity contribution in [2.45, 2.75) is 6.36 Å². The van der Waals surface area contributed by atoms with Crippen molar-refractivity contribution in [2.24, 2.45) is 0 Å². The number of rotatable bonds is 2. The van der Waals surface area contributed by atoms with Crippen LogP contribution in [0.1, 0.15) is 5.69 Å². The topological polar surface area (TPSA) is 55.1 Å².